The number of hydrogen-bond donors (Lipinski definition) is 1. The normalized spacial score (nSPS) is 20.4. The highest BCUT2D eigenvalue weighted by Gasteiger charge is 2.52. The summed E-state index contributed by atoms with van der Waals surface area (Å²) in [6.45, 7) is 9.05. The summed E-state index contributed by atoms with van der Waals surface area (Å²) in [4.78, 5) is 40.6. The van der Waals surface area contributed by atoms with Crippen LogP contribution in [0.15, 0.2) is 54.6 Å². The fraction of sp³-hybridized carbons (Fsp3) is 0.483. The zero-order valence-electron chi connectivity index (χ0n) is 22.7. The predicted molar refractivity (Wildman–Crippen MR) is 141 cm³/mol. The molecule has 0 aliphatic carbocycles. The van der Waals surface area contributed by atoms with Crippen LogP contribution in [-0.4, -0.2) is 61.3 Å². The van der Waals surface area contributed by atoms with Crippen LogP contribution in [-0.2, 0) is 29.4 Å². The topological polar surface area (TPSA) is 94.2 Å². The molecule has 200 valence electrons. The van der Waals surface area contributed by atoms with E-state index in [0.29, 0.717) is 0 Å². The molecule has 2 amide bonds. The van der Waals surface area contributed by atoms with Crippen molar-refractivity contribution in [1.82, 2.24) is 10.2 Å². The van der Waals surface area contributed by atoms with Gasteiger partial charge in [0.05, 0.1) is 13.7 Å². The van der Waals surface area contributed by atoms with Gasteiger partial charge in [-0.3, -0.25) is 4.79 Å². The monoisotopic (exact) mass is 510 g/mol. The molecule has 0 aromatic heterocycles. The number of carbonyl (C=O) groups is 3. The molecule has 0 radical (unpaired) electrons. The van der Waals surface area contributed by atoms with Crippen LogP contribution in [0.2, 0.25) is 0 Å². The summed E-state index contributed by atoms with van der Waals surface area (Å²) in [5.41, 5.74) is 1.35. The minimum Gasteiger partial charge on any atom is -0.467 e. The van der Waals surface area contributed by atoms with Crippen LogP contribution in [0.4, 0.5) is 4.79 Å². The Morgan fingerprint density at radius 3 is 2.08 bits per heavy atom. The molecule has 3 rings (SSSR count). The van der Waals surface area contributed by atoms with Gasteiger partial charge < -0.3 is 24.4 Å². The molecule has 1 saturated heterocycles. The number of methoxy groups -OCH3 is 2. The van der Waals surface area contributed by atoms with E-state index in [1.165, 1.54) is 12.0 Å². The van der Waals surface area contributed by atoms with Crippen LogP contribution in [0.5, 0.6) is 0 Å². The number of rotatable bonds is 7. The first-order valence-electron chi connectivity index (χ1n) is 12.5. The van der Waals surface area contributed by atoms with Crippen LogP contribution in [0, 0.1) is 5.92 Å². The first kappa shape index (κ1) is 28.2. The summed E-state index contributed by atoms with van der Waals surface area (Å²) >= 11 is 0. The molecule has 1 fully saturated rings. The van der Waals surface area contributed by atoms with Gasteiger partial charge in [-0.05, 0) is 43.4 Å². The molecule has 8 heteroatoms. The van der Waals surface area contributed by atoms with Gasteiger partial charge in [-0.1, -0.05) is 68.4 Å². The molecular weight excluding hydrogens is 472 g/mol. The average molecular weight is 511 g/mol. The van der Waals surface area contributed by atoms with Crippen molar-refractivity contribution < 1.29 is 28.6 Å². The maximum atomic E-state index is 13.8. The Morgan fingerprint density at radius 2 is 1.57 bits per heavy atom. The van der Waals surface area contributed by atoms with Crippen LogP contribution in [0.3, 0.4) is 0 Å². The van der Waals surface area contributed by atoms with Crippen molar-refractivity contribution in [3.63, 3.8) is 0 Å². The molecule has 2 aromatic carbocycles. The Morgan fingerprint density at radius 1 is 0.973 bits per heavy atom. The van der Waals surface area contributed by atoms with Crippen molar-refractivity contribution in [3.05, 3.63) is 60.2 Å². The maximum absolute atomic E-state index is 13.8. The van der Waals surface area contributed by atoms with E-state index in [0.717, 1.165) is 16.7 Å². The van der Waals surface area contributed by atoms with E-state index in [-0.39, 0.29) is 18.9 Å². The van der Waals surface area contributed by atoms with E-state index in [2.05, 4.69) is 5.32 Å². The van der Waals surface area contributed by atoms with Crippen molar-refractivity contribution in [1.29, 1.82) is 0 Å². The summed E-state index contributed by atoms with van der Waals surface area (Å²) in [6, 6.07) is 16.2. The maximum Gasteiger partial charge on any atom is 0.408 e. The number of carbonyl (C=O) groups excluding carboxylic acids is 3. The lowest BCUT2D eigenvalue weighted by Crippen LogP contribution is -2.54. The molecule has 1 heterocycles. The fourth-order valence-electron chi connectivity index (χ4n) is 4.65. The van der Waals surface area contributed by atoms with E-state index in [1.54, 1.807) is 27.9 Å². The SMILES string of the molecule is COC(=O)C1C[C@@](OC)(c2ccc(-c3ccccc3)cc2)CN1C(=O)[C@@H](NC(=O)OC(C)(C)C)C(C)C. The minimum absolute atomic E-state index is 0.131. The van der Waals surface area contributed by atoms with Crippen LogP contribution >= 0.6 is 0 Å². The van der Waals surface area contributed by atoms with Gasteiger partial charge in [0.15, 0.2) is 0 Å². The second-order valence-electron chi connectivity index (χ2n) is 10.7. The number of ether oxygens (including phenoxy) is 3. The second kappa shape index (κ2) is 11.3. The highest BCUT2D eigenvalue weighted by molar-refractivity contribution is 5.90. The third kappa shape index (κ3) is 6.49. The quantitative estimate of drug-likeness (QED) is 0.551. The second-order valence-corrected chi connectivity index (χ2v) is 10.7. The zero-order chi connectivity index (χ0) is 27.4. The van der Waals surface area contributed by atoms with E-state index < -0.39 is 41.3 Å². The third-order valence-electron chi connectivity index (χ3n) is 6.60. The summed E-state index contributed by atoms with van der Waals surface area (Å²) in [7, 11) is 2.87. The Hall–Kier alpha value is -3.39. The third-order valence-corrected chi connectivity index (χ3v) is 6.60. The van der Waals surface area contributed by atoms with Gasteiger partial charge in [0.25, 0.3) is 0 Å². The molecule has 1 N–H and O–H groups in total. The van der Waals surface area contributed by atoms with Gasteiger partial charge in [-0.25, -0.2) is 9.59 Å². The zero-order valence-corrected chi connectivity index (χ0v) is 22.7. The van der Waals surface area contributed by atoms with Crippen molar-refractivity contribution in [2.45, 2.75) is 64.3 Å². The van der Waals surface area contributed by atoms with Crippen LogP contribution < -0.4 is 5.32 Å². The Labute approximate surface area is 219 Å². The first-order chi connectivity index (χ1) is 17.4. The molecule has 0 saturated carbocycles. The number of amides is 2. The number of likely N-dealkylation sites (tertiary alicyclic amines) is 1. The molecule has 2 aromatic rings. The lowest BCUT2D eigenvalue weighted by Gasteiger charge is -2.32. The van der Waals surface area contributed by atoms with Crippen LogP contribution in [0.25, 0.3) is 11.1 Å². The van der Waals surface area contributed by atoms with Crippen molar-refractivity contribution in [3.8, 4) is 11.1 Å². The highest BCUT2D eigenvalue weighted by atomic mass is 16.6. The van der Waals surface area contributed by atoms with Gasteiger partial charge in [0.2, 0.25) is 5.91 Å². The smallest absolute Gasteiger partial charge is 0.408 e. The molecule has 37 heavy (non-hydrogen) atoms. The van der Waals surface area contributed by atoms with E-state index in [9.17, 15) is 14.4 Å². The summed E-state index contributed by atoms with van der Waals surface area (Å²) in [5, 5.41) is 2.69. The lowest BCUT2D eigenvalue weighted by molar-refractivity contribution is -0.152. The highest BCUT2D eigenvalue weighted by Crippen LogP contribution is 2.40. The number of nitrogens with zero attached hydrogens (tertiary/aromatic N) is 1. The molecule has 3 atom stereocenters. The largest absolute Gasteiger partial charge is 0.467 e. The molecule has 1 aliphatic rings. The Bertz CT molecular complexity index is 1090. The van der Waals surface area contributed by atoms with Crippen molar-refractivity contribution in [2.24, 2.45) is 5.92 Å². The summed E-state index contributed by atoms with van der Waals surface area (Å²) in [5.74, 6) is -1.18. The van der Waals surface area contributed by atoms with E-state index in [1.807, 2.05) is 68.4 Å². The molecule has 1 aliphatic heterocycles. The van der Waals surface area contributed by atoms with Gasteiger partial charge in [0.1, 0.15) is 23.3 Å². The van der Waals surface area contributed by atoms with Gasteiger partial charge >= 0.3 is 12.1 Å². The predicted octanol–water partition coefficient (Wildman–Crippen LogP) is 4.52. The van der Waals surface area contributed by atoms with Crippen molar-refractivity contribution in [2.75, 3.05) is 20.8 Å². The van der Waals surface area contributed by atoms with Crippen molar-refractivity contribution >= 4 is 18.0 Å². The Balaban J connectivity index is 1.91. The fourth-order valence-corrected chi connectivity index (χ4v) is 4.65. The molecule has 8 nitrogen and oxygen atoms in total. The number of alkyl carbamates (subject to hydrolysis) is 1. The number of nitrogens with one attached hydrogen (secondary N) is 1. The lowest BCUT2D eigenvalue weighted by atomic mass is 9.89. The number of benzene rings is 2. The average Bonchev–Trinajstić information content (AvgIpc) is 3.27. The molecular formula is C29H38N2O6. The minimum atomic E-state index is -0.919. The number of esters is 1. The Kier molecular flexibility index (Phi) is 8.64. The molecule has 0 spiro atoms. The van der Waals surface area contributed by atoms with E-state index in [4.69, 9.17) is 14.2 Å². The van der Waals surface area contributed by atoms with Crippen LogP contribution in [0.1, 0.15) is 46.6 Å². The van der Waals surface area contributed by atoms with Gasteiger partial charge in [-0.2, -0.15) is 0 Å². The van der Waals surface area contributed by atoms with Gasteiger partial charge in [-0.15, -0.1) is 0 Å². The number of hydrogen-bond acceptors (Lipinski definition) is 6. The summed E-state index contributed by atoms with van der Waals surface area (Å²) in [6.07, 6.45) is -0.466. The molecule has 0 bridgehead atoms. The molecule has 1 unspecified atom stereocenters. The first-order valence-corrected chi connectivity index (χ1v) is 12.5. The standard InChI is InChI=1S/C29H38N2O6/c1-19(2)24(30-27(34)37-28(3,4)5)25(32)31-18-29(36-7,17-23(31)26(33)35-6)22-15-13-21(14-16-22)20-11-9-8-10-12-20/h8-16,19,23-24H,17-18H2,1-7H3,(H,30,34)/t23?,24-,29-/m0/s1. The van der Waals surface area contributed by atoms with E-state index >= 15 is 0 Å². The summed E-state index contributed by atoms with van der Waals surface area (Å²) < 4.78 is 16.4. The van der Waals surface area contributed by atoms with Gasteiger partial charge in [0, 0.05) is 13.5 Å².